The quantitative estimate of drug-likeness (QED) is 0.662. The number of thiazole rings is 1. The smallest absolute Gasteiger partial charge is 0.411 e. The fourth-order valence-electron chi connectivity index (χ4n) is 3.60. The van der Waals surface area contributed by atoms with E-state index in [0.717, 1.165) is 18.4 Å². The molecule has 1 atom stereocenters. The second-order valence-electron chi connectivity index (χ2n) is 9.36. The minimum atomic E-state index is -0.755. The fourth-order valence-corrected chi connectivity index (χ4v) is 4.26. The molecule has 4 rings (SSSR count). The van der Waals surface area contributed by atoms with E-state index in [4.69, 9.17) is 4.74 Å². The lowest BCUT2D eigenvalue weighted by atomic mass is 10.1. The first-order valence-electron chi connectivity index (χ1n) is 10.9. The number of ether oxygens (including phenoxy) is 1. The lowest BCUT2D eigenvalue weighted by molar-refractivity contribution is -0.122. The van der Waals surface area contributed by atoms with Gasteiger partial charge in [-0.25, -0.2) is 9.78 Å². The van der Waals surface area contributed by atoms with Gasteiger partial charge in [-0.05, 0) is 64.3 Å². The molecule has 1 aliphatic carbocycles. The van der Waals surface area contributed by atoms with Gasteiger partial charge in [0.1, 0.15) is 11.6 Å². The summed E-state index contributed by atoms with van der Waals surface area (Å²) in [4.78, 5) is 46.2. The molecule has 174 valence electrons. The van der Waals surface area contributed by atoms with Crippen LogP contribution >= 0.6 is 11.3 Å². The number of aromatic nitrogens is 1. The van der Waals surface area contributed by atoms with Crippen LogP contribution in [-0.2, 0) is 9.53 Å². The van der Waals surface area contributed by atoms with Crippen LogP contribution in [0.15, 0.2) is 48.0 Å². The van der Waals surface area contributed by atoms with E-state index < -0.39 is 17.7 Å². The van der Waals surface area contributed by atoms with Gasteiger partial charge in [0.25, 0.3) is 11.8 Å². The van der Waals surface area contributed by atoms with Gasteiger partial charge in [-0.15, -0.1) is 11.3 Å². The van der Waals surface area contributed by atoms with Crippen molar-refractivity contribution in [3.63, 3.8) is 0 Å². The minimum absolute atomic E-state index is 0.126. The molecule has 1 unspecified atom stereocenters. The molecule has 0 radical (unpaired) electrons. The summed E-state index contributed by atoms with van der Waals surface area (Å²) in [5.74, 6) is -0.427. The summed E-state index contributed by atoms with van der Waals surface area (Å²) in [5.41, 5.74) is 1.20. The summed E-state index contributed by atoms with van der Waals surface area (Å²) in [6.07, 6.45) is 3.44. The van der Waals surface area contributed by atoms with E-state index in [2.05, 4.69) is 16.9 Å². The van der Waals surface area contributed by atoms with E-state index in [-0.39, 0.29) is 24.4 Å². The molecule has 2 aromatic rings. The summed E-state index contributed by atoms with van der Waals surface area (Å²) >= 11 is 1.32. The number of benzene rings is 1. The molecule has 0 bridgehead atoms. The Hall–Kier alpha value is -3.20. The van der Waals surface area contributed by atoms with Crippen LogP contribution in [0.5, 0.6) is 0 Å². The van der Waals surface area contributed by atoms with Gasteiger partial charge < -0.3 is 10.1 Å². The zero-order valence-corrected chi connectivity index (χ0v) is 19.9. The van der Waals surface area contributed by atoms with E-state index in [1.165, 1.54) is 21.1 Å². The van der Waals surface area contributed by atoms with Crippen molar-refractivity contribution in [3.8, 4) is 0 Å². The van der Waals surface area contributed by atoms with E-state index in [0.29, 0.717) is 22.8 Å². The first kappa shape index (κ1) is 23.0. The molecule has 9 heteroatoms. The number of rotatable bonds is 5. The number of nitrogens with one attached hydrogen (secondary N) is 1. The molecule has 3 amide bonds. The largest absolute Gasteiger partial charge is 0.444 e. The van der Waals surface area contributed by atoms with Crippen molar-refractivity contribution >= 4 is 40.1 Å². The van der Waals surface area contributed by atoms with Crippen LogP contribution < -0.4 is 10.2 Å². The molecule has 0 spiro atoms. The van der Waals surface area contributed by atoms with Gasteiger partial charge in [-0.2, -0.15) is 0 Å². The van der Waals surface area contributed by atoms with Crippen LogP contribution in [0.25, 0.3) is 0 Å². The molecule has 2 heterocycles. The molecule has 2 aliphatic rings. The molecule has 1 aromatic heterocycles. The van der Waals surface area contributed by atoms with Crippen LogP contribution in [0.1, 0.15) is 50.4 Å². The molecule has 1 aliphatic heterocycles. The summed E-state index contributed by atoms with van der Waals surface area (Å²) in [6.45, 7) is 9.62. The van der Waals surface area contributed by atoms with Crippen LogP contribution in [-0.4, -0.2) is 52.0 Å². The van der Waals surface area contributed by atoms with Crippen molar-refractivity contribution in [3.05, 3.63) is 53.6 Å². The van der Waals surface area contributed by atoms with Gasteiger partial charge in [0.2, 0.25) is 0 Å². The second kappa shape index (κ2) is 8.97. The Labute approximate surface area is 197 Å². The molecule has 1 saturated carbocycles. The van der Waals surface area contributed by atoms with Gasteiger partial charge >= 0.3 is 6.09 Å². The summed E-state index contributed by atoms with van der Waals surface area (Å²) in [5, 5.41) is 5.23. The predicted molar refractivity (Wildman–Crippen MR) is 127 cm³/mol. The maximum absolute atomic E-state index is 13.8. The van der Waals surface area contributed by atoms with E-state index in [1.807, 2.05) is 0 Å². The molecule has 1 saturated heterocycles. The standard InChI is InChI=1S/C24H28N4O4S/c1-15-13-19(27(14-15)23(31)32-24(2,3)4)21(30)28(22-25-11-12-33-22)18-9-5-16(6-10-18)20(29)26-17-7-8-17/h5-6,9-12,17,19H,1,7-8,13-14H2,2-4H3,(H,26,29). The molecule has 1 aromatic carbocycles. The number of hydrogen-bond acceptors (Lipinski definition) is 6. The Kier molecular flexibility index (Phi) is 6.25. The van der Waals surface area contributed by atoms with Gasteiger partial charge in [-0.1, -0.05) is 12.2 Å². The maximum Gasteiger partial charge on any atom is 0.411 e. The molecule has 33 heavy (non-hydrogen) atoms. The first-order chi connectivity index (χ1) is 15.6. The van der Waals surface area contributed by atoms with Gasteiger partial charge in [-0.3, -0.25) is 19.4 Å². The van der Waals surface area contributed by atoms with E-state index in [1.54, 1.807) is 56.6 Å². The highest BCUT2D eigenvalue weighted by Gasteiger charge is 2.41. The third-order valence-electron chi connectivity index (χ3n) is 5.30. The predicted octanol–water partition coefficient (Wildman–Crippen LogP) is 4.27. The number of carbonyl (C=O) groups excluding carboxylic acids is 3. The molecular weight excluding hydrogens is 440 g/mol. The summed E-state index contributed by atoms with van der Waals surface area (Å²) in [7, 11) is 0. The molecule has 1 N–H and O–H groups in total. The maximum atomic E-state index is 13.8. The Morgan fingerprint density at radius 3 is 2.48 bits per heavy atom. The summed E-state index contributed by atoms with van der Waals surface area (Å²) in [6, 6.07) is 6.35. The number of nitrogens with zero attached hydrogens (tertiary/aromatic N) is 3. The monoisotopic (exact) mass is 468 g/mol. The lowest BCUT2D eigenvalue weighted by Gasteiger charge is -2.30. The number of likely N-dealkylation sites (tertiary alicyclic amines) is 1. The van der Waals surface area contributed by atoms with Crippen LogP contribution in [0.3, 0.4) is 0 Å². The molecule has 2 fully saturated rings. The Morgan fingerprint density at radius 1 is 1.21 bits per heavy atom. The number of anilines is 2. The zero-order chi connectivity index (χ0) is 23.8. The SMILES string of the molecule is C=C1CC(C(=O)N(c2ccc(C(=O)NC3CC3)cc2)c2nccs2)N(C(=O)OC(C)(C)C)C1. The average molecular weight is 469 g/mol. The van der Waals surface area contributed by atoms with Gasteiger partial charge in [0.05, 0.1) is 5.69 Å². The van der Waals surface area contributed by atoms with Crippen molar-refractivity contribution < 1.29 is 19.1 Å². The highest BCUT2D eigenvalue weighted by atomic mass is 32.1. The fraction of sp³-hybridized carbons (Fsp3) is 0.417. The van der Waals surface area contributed by atoms with Crippen molar-refractivity contribution in [1.29, 1.82) is 0 Å². The Balaban J connectivity index is 1.60. The average Bonchev–Trinajstić information content (AvgIpc) is 3.22. The second-order valence-corrected chi connectivity index (χ2v) is 10.2. The Morgan fingerprint density at radius 2 is 1.91 bits per heavy atom. The minimum Gasteiger partial charge on any atom is -0.444 e. The van der Waals surface area contributed by atoms with Gasteiger partial charge in [0.15, 0.2) is 5.13 Å². The summed E-state index contributed by atoms with van der Waals surface area (Å²) < 4.78 is 5.52. The third kappa shape index (κ3) is 5.42. The number of hydrogen-bond donors (Lipinski definition) is 1. The van der Waals surface area contributed by atoms with Crippen LogP contribution in [0.2, 0.25) is 0 Å². The topological polar surface area (TPSA) is 91.8 Å². The molecule has 8 nitrogen and oxygen atoms in total. The lowest BCUT2D eigenvalue weighted by Crippen LogP contribution is -2.48. The van der Waals surface area contributed by atoms with Crippen LogP contribution in [0, 0.1) is 0 Å². The van der Waals surface area contributed by atoms with Crippen molar-refractivity contribution in [1.82, 2.24) is 15.2 Å². The number of carbonyl (C=O) groups is 3. The number of amides is 3. The van der Waals surface area contributed by atoms with E-state index >= 15 is 0 Å². The van der Waals surface area contributed by atoms with Crippen molar-refractivity contribution in [2.45, 2.75) is 57.7 Å². The highest BCUT2D eigenvalue weighted by Crippen LogP contribution is 2.33. The normalized spacial score (nSPS) is 18.2. The van der Waals surface area contributed by atoms with Gasteiger partial charge in [0, 0.05) is 29.7 Å². The van der Waals surface area contributed by atoms with E-state index in [9.17, 15) is 14.4 Å². The zero-order valence-electron chi connectivity index (χ0n) is 19.0. The first-order valence-corrected chi connectivity index (χ1v) is 11.8. The van der Waals surface area contributed by atoms with Crippen LogP contribution in [0.4, 0.5) is 15.6 Å². The molecular formula is C24H28N4O4S. The Bertz CT molecular complexity index is 1060. The third-order valence-corrected chi connectivity index (χ3v) is 6.05. The van der Waals surface area contributed by atoms with Crippen molar-refractivity contribution in [2.24, 2.45) is 0 Å². The highest BCUT2D eigenvalue weighted by molar-refractivity contribution is 7.13. The van der Waals surface area contributed by atoms with Crippen molar-refractivity contribution in [2.75, 3.05) is 11.4 Å².